The summed E-state index contributed by atoms with van der Waals surface area (Å²) in [7, 11) is 0. The van der Waals surface area contributed by atoms with Gasteiger partial charge in [0.05, 0.1) is 0 Å². The number of likely N-dealkylation sites (tertiary alicyclic amines) is 1. The molecular weight excluding hydrogens is 372 g/mol. The quantitative estimate of drug-likeness (QED) is 0.687. The number of piperidine rings is 1. The number of carboxylic acid groups (broad SMARTS) is 1. The summed E-state index contributed by atoms with van der Waals surface area (Å²) in [5, 5.41) is 18.4. The number of ether oxygens (including phenoxy) is 1. The van der Waals surface area contributed by atoms with Crippen LogP contribution in [0.3, 0.4) is 0 Å². The highest BCUT2D eigenvalue weighted by molar-refractivity contribution is 5.95. The van der Waals surface area contributed by atoms with E-state index in [1.165, 1.54) is 6.42 Å². The lowest BCUT2D eigenvalue weighted by molar-refractivity contribution is 0.0685. The molecule has 2 N–H and O–H groups in total. The Kier molecular flexibility index (Phi) is 5.24. The van der Waals surface area contributed by atoms with Crippen molar-refractivity contribution in [1.82, 2.24) is 20.3 Å². The summed E-state index contributed by atoms with van der Waals surface area (Å²) >= 11 is 0. The van der Waals surface area contributed by atoms with Crippen molar-refractivity contribution in [2.45, 2.75) is 19.3 Å². The Bertz CT molecular complexity index is 1020. The van der Waals surface area contributed by atoms with Crippen molar-refractivity contribution >= 4 is 11.9 Å². The van der Waals surface area contributed by atoms with Gasteiger partial charge in [0.1, 0.15) is 5.75 Å². The molecule has 0 bridgehead atoms. The highest BCUT2D eigenvalue weighted by atomic mass is 16.5. The maximum atomic E-state index is 12.7. The molecule has 1 fully saturated rings. The van der Waals surface area contributed by atoms with Gasteiger partial charge in [0.2, 0.25) is 5.69 Å². The van der Waals surface area contributed by atoms with Gasteiger partial charge in [-0.25, -0.2) is 9.89 Å². The third-order valence-corrected chi connectivity index (χ3v) is 4.89. The van der Waals surface area contributed by atoms with E-state index in [2.05, 4.69) is 15.4 Å². The number of amides is 1. The number of rotatable bonds is 5. The van der Waals surface area contributed by atoms with Gasteiger partial charge in [-0.3, -0.25) is 4.79 Å². The highest BCUT2D eigenvalue weighted by Gasteiger charge is 2.19. The predicted octanol–water partition coefficient (Wildman–Crippen LogP) is 3.59. The molecule has 0 radical (unpaired) electrons. The largest absolute Gasteiger partial charge is 0.476 e. The number of carbonyl (C=O) groups excluding carboxylic acids is 1. The second kappa shape index (κ2) is 8.14. The molecular formula is C21H20N4O4. The van der Waals surface area contributed by atoms with Crippen molar-refractivity contribution in [3.05, 3.63) is 59.8 Å². The molecule has 1 aliphatic heterocycles. The Morgan fingerprint density at radius 3 is 2.48 bits per heavy atom. The van der Waals surface area contributed by atoms with Crippen molar-refractivity contribution in [2.75, 3.05) is 13.1 Å². The second-order valence-corrected chi connectivity index (χ2v) is 6.86. The smallest absolute Gasteiger partial charge is 0.359 e. The number of H-pyrrole nitrogens is 1. The number of nitrogens with one attached hydrogen (secondary N) is 1. The van der Waals surface area contributed by atoms with E-state index in [-0.39, 0.29) is 17.5 Å². The number of carboxylic acids is 1. The number of hydrogen-bond acceptors (Lipinski definition) is 5. The van der Waals surface area contributed by atoms with Crippen molar-refractivity contribution in [3.63, 3.8) is 0 Å². The normalized spacial score (nSPS) is 13.9. The molecule has 2 heterocycles. The number of benzene rings is 2. The average molecular weight is 392 g/mol. The standard InChI is InChI=1S/C21H20N4O4/c26-20(25-11-2-1-3-12-25)16-6-4-5-15(13-16)14-7-9-17(10-8-14)29-19-18(21(27)28)22-24-23-19/h4-10,13H,1-3,11-12H2,(H,27,28)(H,22,23,24). The maximum Gasteiger partial charge on any atom is 0.359 e. The summed E-state index contributed by atoms with van der Waals surface area (Å²) in [6.07, 6.45) is 3.30. The first kappa shape index (κ1) is 18.7. The Balaban J connectivity index is 1.51. The van der Waals surface area contributed by atoms with Crippen molar-refractivity contribution in [3.8, 4) is 22.8 Å². The number of nitrogens with zero attached hydrogens (tertiary/aromatic N) is 3. The van der Waals surface area contributed by atoms with Crippen LogP contribution >= 0.6 is 0 Å². The molecule has 148 valence electrons. The molecule has 0 spiro atoms. The van der Waals surface area contributed by atoms with Gasteiger partial charge in [0.15, 0.2) is 0 Å². The fourth-order valence-corrected chi connectivity index (χ4v) is 3.37. The molecule has 0 saturated carbocycles. The molecule has 0 atom stereocenters. The Hall–Kier alpha value is -3.68. The van der Waals surface area contributed by atoms with Gasteiger partial charge in [-0.2, -0.15) is 0 Å². The molecule has 8 heteroatoms. The van der Waals surface area contributed by atoms with Crippen LogP contribution in [0.4, 0.5) is 0 Å². The minimum Gasteiger partial charge on any atom is -0.476 e. The third-order valence-electron chi connectivity index (χ3n) is 4.89. The second-order valence-electron chi connectivity index (χ2n) is 6.86. The maximum absolute atomic E-state index is 12.7. The van der Waals surface area contributed by atoms with E-state index in [1.54, 1.807) is 12.1 Å². The first-order valence-corrected chi connectivity index (χ1v) is 9.44. The molecule has 4 rings (SSSR count). The number of aromatic nitrogens is 3. The first-order chi connectivity index (χ1) is 14.1. The van der Waals surface area contributed by atoms with Crippen LogP contribution < -0.4 is 4.74 Å². The van der Waals surface area contributed by atoms with Crippen LogP contribution in [0.2, 0.25) is 0 Å². The number of aromatic carboxylic acids is 1. The fourth-order valence-electron chi connectivity index (χ4n) is 3.37. The molecule has 8 nitrogen and oxygen atoms in total. The molecule has 1 aromatic heterocycles. The lowest BCUT2D eigenvalue weighted by Crippen LogP contribution is -2.35. The van der Waals surface area contributed by atoms with Gasteiger partial charge in [-0.05, 0) is 54.7 Å². The molecule has 1 saturated heterocycles. The predicted molar refractivity (Wildman–Crippen MR) is 105 cm³/mol. The fraction of sp³-hybridized carbons (Fsp3) is 0.238. The van der Waals surface area contributed by atoms with E-state index >= 15 is 0 Å². The number of aromatic amines is 1. The Morgan fingerprint density at radius 1 is 1.00 bits per heavy atom. The molecule has 0 aliphatic carbocycles. The lowest BCUT2D eigenvalue weighted by Gasteiger charge is -2.26. The first-order valence-electron chi connectivity index (χ1n) is 9.44. The molecule has 1 aliphatic rings. The van der Waals surface area contributed by atoms with E-state index in [1.807, 2.05) is 41.3 Å². The van der Waals surface area contributed by atoms with Crippen molar-refractivity contribution in [1.29, 1.82) is 0 Å². The van der Waals surface area contributed by atoms with Gasteiger partial charge in [0.25, 0.3) is 11.8 Å². The molecule has 2 aromatic carbocycles. The van der Waals surface area contributed by atoms with Gasteiger partial charge >= 0.3 is 5.97 Å². The summed E-state index contributed by atoms with van der Waals surface area (Å²) in [6, 6.07) is 14.7. The summed E-state index contributed by atoms with van der Waals surface area (Å²) < 4.78 is 5.50. The molecule has 0 unspecified atom stereocenters. The van der Waals surface area contributed by atoms with Crippen LogP contribution in [0.15, 0.2) is 48.5 Å². The van der Waals surface area contributed by atoms with Crippen LogP contribution in [0.25, 0.3) is 11.1 Å². The van der Waals surface area contributed by atoms with E-state index in [4.69, 9.17) is 9.84 Å². The van der Waals surface area contributed by atoms with Crippen LogP contribution in [0.1, 0.15) is 40.1 Å². The van der Waals surface area contributed by atoms with Crippen LogP contribution in [0, 0.1) is 0 Å². The van der Waals surface area contributed by atoms with E-state index in [0.29, 0.717) is 11.3 Å². The Morgan fingerprint density at radius 2 is 1.76 bits per heavy atom. The zero-order valence-corrected chi connectivity index (χ0v) is 15.7. The van der Waals surface area contributed by atoms with Crippen LogP contribution in [0.5, 0.6) is 11.6 Å². The van der Waals surface area contributed by atoms with Crippen LogP contribution in [-0.2, 0) is 0 Å². The topological polar surface area (TPSA) is 108 Å². The van der Waals surface area contributed by atoms with Crippen molar-refractivity contribution in [2.24, 2.45) is 0 Å². The van der Waals surface area contributed by atoms with E-state index < -0.39 is 5.97 Å². The van der Waals surface area contributed by atoms with E-state index in [9.17, 15) is 9.59 Å². The third kappa shape index (κ3) is 4.11. The summed E-state index contributed by atoms with van der Waals surface area (Å²) in [5.74, 6) is -0.791. The zero-order chi connectivity index (χ0) is 20.2. The van der Waals surface area contributed by atoms with Gasteiger partial charge in [-0.15, -0.1) is 0 Å². The highest BCUT2D eigenvalue weighted by Crippen LogP contribution is 2.27. The molecule has 1 amide bonds. The SMILES string of the molecule is O=C(O)c1[nH]nnc1Oc1ccc(-c2cccc(C(=O)N3CCCCC3)c2)cc1. The average Bonchev–Trinajstić information content (AvgIpc) is 3.23. The van der Waals surface area contributed by atoms with E-state index in [0.717, 1.165) is 37.1 Å². The number of hydrogen-bond donors (Lipinski definition) is 2. The van der Waals surface area contributed by atoms with Gasteiger partial charge in [0, 0.05) is 18.7 Å². The molecule has 29 heavy (non-hydrogen) atoms. The minimum atomic E-state index is -1.20. The van der Waals surface area contributed by atoms with Crippen LogP contribution in [-0.4, -0.2) is 50.4 Å². The number of carbonyl (C=O) groups is 2. The summed E-state index contributed by atoms with van der Waals surface area (Å²) in [5.41, 5.74) is 2.31. The van der Waals surface area contributed by atoms with Gasteiger partial charge in [-0.1, -0.05) is 34.6 Å². The summed E-state index contributed by atoms with van der Waals surface area (Å²) in [4.78, 5) is 25.7. The molecule has 3 aromatic rings. The zero-order valence-electron chi connectivity index (χ0n) is 15.7. The van der Waals surface area contributed by atoms with Gasteiger partial charge < -0.3 is 14.7 Å². The van der Waals surface area contributed by atoms with Crippen molar-refractivity contribution < 1.29 is 19.4 Å². The lowest BCUT2D eigenvalue weighted by atomic mass is 10.0. The summed E-state index contributed by atoms with van der Waals surface area (Å²) in [6.45, 7) is 1.63. The monoisotopic (exact) mass is 392 g/mol. The minimum absolute atomic E-state index is 0.0683. The Labute approximate surface area is 167 Å².